The lowest BCUT2D eigenvalue weighted by molar-refractivity contribution is 0.0702. The van der Waals surface area contributed by atoms with Gasteiger partial charge >= 0.3 is 5.97 Å². The first-order valence-electron chi connectivity index (χ1n) is 6.15. The monoisotopic (exact) mass is 253 g/mol. The van der Waals surface area contributed by atoms with Crippen LogP contribution in [-0.2, 0) is 0 Å². The van der Waals surface area contributed by atoms with Crippen molar-refractivity contribution in [2.45, 2.75) is 38.6 Å². The van der Waals surface area contributed by atoms with E-state index in [0.717, 1.165) is 5.00 Å². The van der Waals surface area contributed by atoms with E-state index in [2.05, 4.69) is 18.9 Å². The normalized spacial score (nSPS) is 24.6. The molecular weight excluding hydrogens is 234 g/mol. The predicted octanol–water partition coefficient (Wildman–Crippen LogP) is 3.46. The predicted molar refractivity (Wildman–Crippen MR) is 71.1 cm³/mol. The van der Waals surface area contributed by atoms with E-state index in [1.54, 1.807) is 6.07 Å². The molecule has 0 aliphatic heterocycles. The third-order valence-corrected chi connectivity index (χ3v) is 4.88. The van der Waals surface area contributed by atoms with Crippen molar-refractivity contribution in [3.8, 4) is 0 Å². The fraction of sp³-hybridized carbons (Fsp3) is 0.615. The Morgan fingerprint density at radius 3 is 2.71 bits per heavy atom. The lowest BCUT2D eigenvalue weighted by Gasteiger charge is -2.36. The van der Waals surface area contributed by atoms with Crippen LogP contribution in [0.25, 0.3) is 0 Å². The maximum absolute atomic E-state index is 10.9. The van der Waals surface area contributed by atoms with Crippen LogP contribution in [0.3, 0.4) is 0 Å². The molecule has 1 aliphatic rings. The molecule has 2 atom stereocenters. The minimum Gasteiger partial charge on any atom is -0.477 e. The van der Waals surface area contributed by atoms with Gasteiger partial charge in [0.05, 0.1) is 5.00 Å². The zero-order valence-corrected chi connectivity index (χ0v) is 11.2. The summed E-state index contributed by atoms with van der Waals surface area (Å²) < 4.78 is 0. The van der Waals surface area contributed by atoms with E-state index in [1.165, 1.54) is 37.0 Å². The molecule has 2 rings (SSSR count). The zero-order valence-electron chi connectivity index (χ0n) is 10.3. The number of hydrogen-bond donors (Lipinski definition) is 1. The highest BCUT2D eigenvalue weighted by atomic mass is 32.1. The quantitative estimate of drug-likeness (QED) is 0.896. The number of carboxylic acid groups (broad SMARTS) is 1. The number of carbonyl (C=O) groups is 1. The minimum absolute atomic E-state index is 0.426. The molecule has 1 aliphatic carbocycles. The molecule has 1 fully saturated rings. The van der Waals surface area contributed by atoms with Crippen LogP contribution >= 0.6 is 11.3 Å². The summed E-state index contributed by atoms with van der Waals surface area (Å²) in [5, 5.41) is 10.0. The summed E-state index contributed by atoms with van der Waals surface area (Å²) in [7, 11) is 2.09. The lowest BCUT2D eigenvalue weighted by atomic mass is 9.85. The van der Waals surface area contributed by atoms with Gasteiger partial charge in [0.25, 0.3) is 0 Å². The number of anilines is 1. The second-order valence-electron chi connectivity index (χ2n) is 4.88. The van der Waals surface area contributed by atoms with Crippen LogP contribution in [0.1, 0.15) is 42.3 Å². The second-order valence-corrected chi connectivity index (χ2v) is 5.95. The van der Waals surface area contributed by atoms with Crippen LogP contribution in [0.4, 0.5) is 5.00 Å². The first kappa shape index (κ1) is 12.4. The zero-order chi connectivity index (χ0) is 12.4. The van der Waals surface area contributed by atoms with Gasteiger partial charge in [-0.25, -0.2) is 4.79 Å². The number of nitrogens with zero attached hydrogens (tertiary/aromatic N) is 1. The Hall–Kier alpha value is -1.03. The van der Waals surface area contributed by atoms with Gasteiger partial charge in [-0.05, 0) is 30.9 Å². The molecule has 2 unspecified atom stereocenters. The fourth-order valence-corrected chi connectivity index (χ4v) is 3.53. The van der Waals surface area contributed by atoms with Crippen LogP contribution in [0.5, 0.6) is 0 Å². The van der Waals surface area contributed by atoms with E-state index in [1.807, 2.05) is 6.07 Å². The largest absolute Gasteiger partial charge is 0.477 e. The van der Waals surface area contributed by atoms with Gasteiger partial charge in [0.15, 0.2) is 0 Å². The molecule has 0 bridgehead atoms. The highest BCUT2D eigenvalue weighted by molar-refractivity contribution is 7.17. The third kappa shape index (κ3) is 2.63. The van der Waals surface area contributed by atoms with Crippen molar-refractivity contribution in [2.75, 3.05) is 11.9 Å². The molecule has 0 saturated heterocycles. The van der Waals surface area contributed by atoms with E-state index in [9.17, 15) is 4.79 Å². The number of thiophene rings is 1. The maximum Gasteiger partial charge on any atom is 0.345 e. The smallest absolute Gasteiger partial charge is 0.345 e. The highest BCUT2D eigenvalue weighted by Gasteiger charge is 2.26. The Kier molecular flexibility index (Phi) is 3.72. The summed E-state index contributed by atoms with van der Waals surface area (Å²) in [6.07, 6.45) is 5.12. The molecule has 1 aromatic rings. The fourth-order valence-electron chi connectivity index (χ4n) is 2.67. The van der Waals surface area contributed by atoms with Crippen molar-refractivity contribution in [1.29, 1.82) is 0 Å². The van der Waals surface area contributed by atoms with Gasteiger partial charge in [0, 0.05) is 13.1 Å². The average Bonchev–Trinajstić information content (AvgIpc) is 2.78. The molecule has 1 saturated carbocycles. The summed E-state index contributed by atoms with van der Waals surface area (Å²) in [4.78, 5) is 13.6. The topological polar surface area (TPSA) is 40.5 Å². The molecule has 0 aromatic carbocycles. The summed E-state index contributed by atoms with van der Waals surface area (Å²) in [5.74, 6) is -0.129. The molecule has 0 amide bonds. The van der Waals surface area contributed by atoms with Gasteiger partial charge in [-0.1, -0.05) is 19.8 Å². The van der Waals surface area contributed by atoms with Crippen molar-refractivity contribution in [2.24, 2.45) is 5.92 Å². The molecular formula is C13H19NO2S. The van der Waals surface area contributed by atoms with E-state index in [4.69, 9.17) is 5.11 Å². The first-order valence-corrected chi connectivity index (χ1v) is 6.97. The number of hydrogen-bond acceptors (Lipinski definition) is 3. The van der Waals surface area contributed by atoms with Crippen LogP contribution < -0.4 is 4.90 Å². The Morgan fingerprint density at radius 2 is 2.12 bits per heavy atom. The van der Waals surface area contributed by atoms with E-state index >= 15 is 0 Å². The first-order chi connectivity index (χ1) is 8.09. The van der Waals surface area contributed by atoms with Gasteiger partial charge in [-0.15, -0.1) is 11.3 Å². The van der Waals surface area contributed by atoms with Crippen LogP contribution in [-0.4, -0.2) is 24.2 Å². The number of rotatable bonds is 3. The standard InChI is InChI=1S/C13H19NO2S/c1-9-5-3-4-6-10(9)14(2)12-8-7-11(17-12)13(15)16/h7-10H,3-6H2,1-2H3,(H,15,16). The molecule has 94 valence electrons. The van der Waals surface area contributed by atoms with E-state index < -0.39 is 5.97 Å². The molecule has 0 radical (unpaired) electrons. The molecule has 3 nitrogen and oxygen atoms in total. The Balaban J connectivity index is 2.12. The number of carboxylic acids is 1. The summed E-state index contributed by atoms with van der Waals surface area (Å²) in [6.45, 7) is 2.30. The molecule has 1 aromatic heterocycles. The average molecular weight is 253 g/mol. The van der Waals surface area contributed by atoms with Crippen molar-refractivity contribution >= 4 is 22.3 Å². The van der Waals surface area contributed by atoms with Crippen molar-refractivity contribution in [3.63, 3.8) is 0 Å². The Labute approximate surface area is 106 Å². The summed E-state index contributed by atoms with van der Waals surface area (Å²) >= 11 is 1.37. The Bertz CT molecular complexity index is 402. The van der Waals surface area contributed by atoms with Crippen LogP contribution in [0, 0.1) is 5.92 Å². The van der Waals surface area contributed by atoms with Crippen LogP contribution in [0.2, 0.25) is 0 Å². The number of aromatic carboxylic acids is 1. The van der Waals surface area contributed by atoms with Crippen LogP contribution in [0.15, 0.2) is 12.1 Å². The molecule has 1 N–H and O–H groups in total. The molecule has 1 heterocycles. The van der Waals surface area contributed by atoms with Crippen molar-refractivity contribution in [3.05, 3.63) is 17.0 Å². The van der Waals surface area contributed by atoms with Gasteiger partial charge in [0.2, 0.25) is 0 Å². The van der Waals surface area contributed by atoms with Gasteiger partial charge < -0.3 is 10.0 Å². The van der Waals surface area contributed by atoms with Crippen molar-refractivity contribution < 1.29 is 9.90 Å². The van der Waals surface area contributed by atoms with Gasteiger partial charge in [-0.3, -0.25) is 0 Å². The van der Waals surface area contributed by atoms with Gasteiger partial charge in [-0.2, -0.15) is 0 Å². The SMILES string of the molecule is CC1CCCCC1N(C)c1ccc(C(=O)O)s1. The minimum atomic E-state index is -0.827. The summed E-state index contributed by atoms with van der Waals surface area (Å²) in [6, 6.07) is 4.19. The highest BCUT2D eigenvalue weighted by Crippen LogP contribution is 2.33. The Morgan fingerprint density at radius 1 is 1.41 bits per heavy atom. The second kappa shape index (κ2) is 5.08. The van der Waals surface area contributed by atoms with E-state index in [0.29, 0.717) is 16.8 Å². The molecule has 0 spiro atoms. The lowest BCUT2D eigenvalue weighted by Crippen LogP contribution is -2.38. The summed E-state index contributed by atoms with van der Waals surface area (Å²) in [5.41, 5.74) is 0. The van der Waals surface area contributed by atoms with E-state index in [-0.39, 0.29) is 0 Å². The van der Waals surface area contributed by atoms with Gasteiger partial charge in [0.1, 0.15) is 4.88 Å². The molecule has 17 heavy (non-hydrogen) atoms. The third-order valence-electron chi connectivity index (χ3n) is 3.71. The maximum atomic E-state index is 10.9. The van der Waals surface area contributed by atoms with Crippen molar-refractivity contribution in [1.82, 2.24) is 0 Å². The molecule has 4 heteroatoms.